The van der Waals surface area contributed by atoms with E-state index in [9.17, 15) is 14.0 Å². The first kappa shape index (κ1) is 19.8. The molecule has 1 aliphatic carbocycles. The Hall–Kier alpha value is -2.15. The Morgan fingerprint density at radius 3 is 2.60 bits per heavy atom. The highest BCUT2D eigenvalue weighted by molar-refractivity contribution is 6.10. The zero-order chi connectivity index (χ0) is 21.1. The summed E-state index contributed by atoms with van der Waals surface area (Å²) in [5.41, 5.74) is 1.37. The highest BCUT2D eigenvalue weighted by Crippen LogP contribution is 2.58. The molecule has 1 atom stereocenters. The van der Waals surface area contributed by atoms with Crippen LogP contribution < -0.4 is 4.90 Å². The van der Waals surface area contributed by atoms with Crippen molar-refractivity contribution in [3.8, 4) is 0 Å². The molecule has 0 bridgehead atoms. The number of carbonyl (C=O) groups is 2. The minimum atomic E-state index is -0.377. The van der Waals surface area contributed by atoms with E-state index in [1.807, 2.05) is 17.9 Å². The molecule has 3 heterocycles. The number of nitrogens with zero attached hydrogens (tertiary/aromatic N) is 3. The van der Waals surface area contributed by atoms with Crippen LogP contribution in [0.15, 0.2) is 18.2 Å². The predicted octanol–water partition coefficient (Wildman–Crippen LogP) is 3.29. The van der Waals surface area contributed by atoms with E-state index in [0.717, 1.165) is 63.0 Å². The Morgan fingerprint density at radius 2 is 1.93 bits per heavy atom. The maximum atomic E-state index is 14.0. The molecule has 3 fully saturated rings. The second kappa shape index (κ2) is 6.94. The Morgan fingerprint density at radius 1 is 1.20 bits per heavy atom. The number of likely N-dealkylation sites (tertiary alicyclic amines) is 2. The molecule has 4 aliphatic rings. The third-order valence-corrected chi connectivity index (χ3v) is 7.68. The first-order valence-corrected chi connectivity index (χ1v) is 11.2. The summed E-state index contributed by atoms with van der Waals surface area (Å²) in [4.78, 5) is 31.5. The van der Waals surface area contributed by atoms with Crippen LogP contribution in [-0.4, -0.2) is 66.2 Å². The van der Waals surface area contributed by atoms with E-state index in [0.29, 0.717) is 13.2 Å². The number of hydrogen-bond acceptors (Lipinski definition) is 4. The zero-order valence-corrected chi connectivity index (χ0v) is 17.8. The molecule has 30 heavy (non-hydrogen) atoms. The zero-order valence-electron chi connectivity index (χ0n) is 17.8. The molecule has 6 nitrogen and oxygen atoms in total. The van der Waals surface area contributed by atoms with Crippen molar-refractivity contribution < 1.29 is 18.7 Å². The summed E-state index contributed by atoms with van der Waals surface area (Å²) in [6, 6.07) is 4.95. The van der Waals surface area contributed by atoms with Gasteiger partial charge in [0.25, 0.3) is 0 Å². The van der Waals surface area contributed by atoms with Crippen LogP contribution in [0.5, 0.6) is 0 Å². The van der Waals surface area contributed by atoms with Crippen LogP contribution >= 0.6 is 0 Å². The summed E-state index contributed by atoms with van der Waals surface area (Å²) in [5, 5.41) is 0. The number of benzene rings is 1. The largest absolute Gasteiger partial charge is 0.450 e. The van der Waals surface area contributed by atoms with Gasteiger partial charge in [0.2, 0.25) is 5.91 Å². The molecule has 162 valence electrons. The van der Waals surface area contributed by atoms with Gasteiger partial charge >= 0.3 is 6.09 Å². The molecule has 0 N–H and O–H groups in total. The third-order valence-electron chi connectivity index (χ3n) is 7.68. The molecule has 2 saturated heterocycles. The fourth-order valence-corrected chi connectivity index (χ4v) is 5.77. The minimum Gasteiger partial charge on any atom is -0.450 e. The first-order chi connectivity index (χ1) is 14.4. The lowest BCUT2D eigenvalue weighted by atomic mass is 9.93. The third kappa shape index (κ3) is 2.93. The second-order valence-corrected chi connectivity index (χ2v) is 9.50. The van der Waals surface area contributed by atoms with E-state index in [4.69, 9.17) is 4.74 Å². The number of hydrogen-bond donors (Lipinski definition) is 0. The molecule has 1 aromatic rings. The number of rotatable bonds is 3. The highest BCUT2D eigenvalue weighted by Gasteiger charge is 2.60. The first-order valence-electron chi connectivity index (χ1n) is 11.2. The summed E-state index contributed by atoms with van der Waals surface area (Å²) >= 11 is 0. The minimum absolute atomic E-state index is 0.0610. The number of fused-ring (bicyclic) bond motifs is 2. The van der Waals surface area contributed by atoms with Crippen LogP contribution in [-0.2, 0) is 14.9 Å². The van der Waals surface area contributed by atoms with Crippen molar-refractivity contribution in [2.45, 2.75) is 62.9 Å². The van der Waals surface area contributed by atoms with Crippen LogP contribution in [0.3, 0.4) is 0 Å². The topological polar surface area (TPSA) is 53.1 Å². The van der Waals surface area contributed by atoms with Crippen LogP contribution in [0.1, 0.15) is 51.5 Å². The van der Waals surface area contributed by atoms with Crippen molar-refractivity contribution in [3.05, 3.63) is 29.6 Å². The summed E-state index contributed by atoms with van der Waals surface area (Å²) in [7, 11) is 0. The molecular weight excluding hydrogens is 385 g/mol. The normalized spacial score (nSPS) is 28.3. The van der Waals surface area contributed by atoms with E-state index < -0.39 is 0 Å². The average molecular weight is 416 g/mol. The van der Waals surface area contributed by atoms with Crippen molar-refractivity contribution in [3.63, 3.8) is 0 Å². The molecule has 0 radical (unpaired) electrons. The molecule has 1 aromatic carbocycles. The molecular formula is C23H30FN3O3. The van der Waals surface area contributed by atoms with Crippen molar-refractivity contribution in [1.82, 2.24) is 9.80 Å². The Balaban J connectivity index is 1.28. The van der Waals surface area contributed by atoms with Gasteiger partial charge in [0.15, 0.2) is 0 Å². The fourth-order valence-electron chi connectivity index (χ4n) is 5.77. The Kier molecular flexibility index (Phi) is 4.58. The molecule has 5 rings (SSSR count). The van der Waals surface area contributed by atoms with Crippen LogP contribution in [0, 0.1) is 5.82 Å². The van der Waals surface area contributed by atoms with Crippen LogP contribution in [0.2, 0.25) is 0 Å². The summed E-state index contributed by atoms with van der Waals surface area (Å²) < 4.78 is 19.2. The van der Waals surface area contributed by atoms with E-state index in [2.05, 4.69) is 11.8 Å². The Labute approximate surface area is 176 Å². The lowest BCUT2D eigenvalue weighted by Gasteiger charge is -2.44. The van der Waals surface area contributed by atoms with Crippen LogP contribution in [0.25, 0.3) is 0 Å². The number of anilines is 1. The van der Waals surface area contributed by atoms with E-state index in [-0.39, 0.29) is 34.8 Å². The van der Waals surface area contributed by atoms with Crippen molar-refractivity contribution >= 4 is 17.7 Å². The molecule has 1 unspecified atom stereocenters. The lowest BCUT2D eigenvalue weighted by molar-refractivity contribution is -0.120. The van der Waals surface area contributed by atoms with Gasteiger partial charge in [-0.25, -0.2) is 9.18 Å². The lowest BCUT2D eigenvalue weighted by Crippen LogP contribution is -2.55. The molecule has 3 aliphatic heterocycles. The summed E-state index contributed by atoms with van der Waals surface area (Å²) in [6.07, 6.45) is 4.19. The summed E-state index contributed by atoms with van der Waals surface area (Å²) in [6.45, 7) is 7.58. The second-order valence-electron chi connectivity index (χ2n) is 9.50. The van der Waals surface area contributed by atoms with Gasteiger partial charge < -0.3 is 14.5 Å². The van der Waals surface area contributed by atoms with Gasteiger partial charge in [-0.15, -0.1) is 0 Å². The molecule has 1 saturated carbocycles. The highest BCUT2D eigenvalue weighted by atomic mass is 19.1. The SMILES string of the molecule is CCOC(=O)N1CCC(C)(N2CCC(N3C(=O)C4(CC4)c4ccc(F)cc43)CC2)C1. The van der Waals surface area contributed by atoms with Gasteiger partial charge in [0.05, 0.1) is 17.7 Å². The number of amides is 2. The quantitative estimate of drug-likeness (QED) is 0.760. The smallest absolute Gasteiger partial charge is 0.409 e. The molecule has 2 amide bonds. The standard InChI is InChI=1S/C23H30FN3O3/c1-3-30-21(29)25-13-10-22(2,15-25)26-11-6-17(7-12-26)27-19-14-16(24)4-5-18(19)23(8-9-23)20(27)28/h4-5,14,17H,3,6-13,15H2,1-2H3. The summed E-state index contributed by atoms with van der Waals surface area (Å²) in [5.74, 6) is -0.110. The monoisotopic (exact) mass is 415 g/mol. The average Bonchev–Trinajstić information content (AvgIpc) is 3.38. The number of piperidine rings is 1. The van der Waals surface area contributed by atoms with E-state index >= 15 is 0 Å². The molecule has 0 aromatic heterocycles. The van der Waals surface area contributed by atoms with E-state index in [1.165, 1.54) is 6.07 Å². The van der Waals surface area contributed by atoms with Crippen molar-refractivity contribution in [1.29, 1.82) is 0 Å². The Bertz CT molecular complexity index is 878. The van der Waals surface area contributed by atoms with Gasteiger partial charge in [-0.3, -0.25) is 9.69 Å². The van der Waals surface area contributed by atoms with E-state index in [1.54, 1.807) is 11.0 Å². The number of carbonyl (C=O) groups excluding carboxylic acids is 2. The maximum absolute atomic E-state index is 14.0. The molecule has 7 heteroatoms. The van der Waals surface area contributed by atoms with Gasteiger partial charge in [0.1, 0.15) is 5.82 Å². The van der Waals surface area contributed by atoms with Crippen molar-refractivity contribution in [2.24, 2.45) is 0 Å². The molecule has 1 spiro atoms. The number of halogens is 1. The van der Waals surface area contributed by atoms with Crippen molar-refractivity contribution in [2.75, 3.05) is 37.7 Å². The maximum Gasteiger partial charge on any atom is 0.409 e. The van der Waals surface area contributed by atoms with Gasteiger partial charge in [-0.2, -0.15) is 0 Å². The van der Waals surface area contributed by atoms with Gasteiger partial charge in [-0.05, 0) is 63.6 Å². The van der Waals surface area contributed by atoms with Gasteiger partial charge in [0, 0.05) is 37.8 Å². The predicted molar refractivity (Wildman–Crippen MR) is 111 cm³/mol. The number of ether oxygens (including phenoxy) is 1. The fraction of sp³-hybridized carbons (Fsp3) is 0.652. The van der Waals surface area contributed by atoms with Gasteiger partial charge in [-0.1, -0.05) is 6.07 Å². The van der Waals surface area contributed by atoms with Crippen LogP contribution in [0.4, 0.5) is 14.9 Å².